The molecule has 29 heavy (non-hydrogen) atoms. The molecule has 0 bridgehead atoms. The van der Waals surface area contributed by atoms with Gasteiger partial charge in [0.15, 0.2) is 5.82 Å². The van der Waals surface area contributed by atoms with Gasteiger partial charge in [-0.05, 0) is 29.8 Å². The second kappa shape index (κ2) is 8.14. The number of H-pyrrole nitrogens is 1. The zero-order chi connectivity index (χ0) is 20.4. The third-order valence-electron chi connectivity index (χ3n) is 4.76. The summed E-state index contributed by atoms with van der Waals surface area (Å²) in [6, 6.07) is 14.1. The molecule has 0 radical (unpaired) electrons. The number of hydrogen-bond donors (Lipinski definition) is 2. The highest BCUT2D eigenvalue weighted by molar-refractivity contribution is 7.17. The van der Waals surface area contributed by atoms with Crippen LogP contribution in [0.25, 0.3) is 21.3 Å². The monoisotopic (exact) mass is 410 g/mol. The van der Waals surface area contributed by atoms with E-state index in [0.29, 0.717) is 22.6 Å². The Balaban J connectivity index is 1.57. The number of halogens is 1. The number of hydrogen-bond acceptors (Lipinski definition) is 4. The number of nitrogens with zero attached hydrogens (tertiary/aromatic N) is 1. The molecule has 7 heteroatoms. The van der Waals surface area contributed by atoms with E-state index >= 15 is 0 Å². The number of nitrogens with one attached hydrogen (secondary N) is 2. The molecule has 1 unspecified atom stereocenters. The van der Waals surface area contributed by atoms with Gasteiger partial charge in [-0.15, -0.1) is 11.3 Å². The van der Waals surface area contributed by atoms with Crippen molar-refractivity contribution in [2.75, 3.05) is 14.2 Å². The summed E-state index contributed by atoms with van der Waals surface area (Å²) in [5, 5.41) is 2.45. The van der Waals surface area contributed by atoms with Crippen LogP contribution < -0.4 is 15.2 Å². The average molecular weight is 410 g/mol. The lowest BCUT2D eigenvalue weighted by molar-refractivity contribution is -0.908. The normalized spacial score (nSPS) is 12.2. The average Bonchev–Trinajstić information content (AvgIpc) is 3.13. The maximum absolute atomic E-state index is 13.2. The van der Waals surface area contributed by atoms with Crippen LogP contribution in [-0.4, -0.2) is 24.1 Å². The van der Waals surface area contributed by atoms with Crippen LogP contribution in [0.5, 0.6) is 5.75 Å². The first kappa shape index (κ1) is 19.3. The van der Waals surface area contributed by atoms with E-state index < -0.39 is 0 Å². The number of quaternary nitrogens is 1. The first-order valence-electron chi connectivity index (χ1n) is 9.24. The quantitative estimate of drug-likeness (QED) is 0.514. The molecule has 0 fully saturated rings. The Hall–Kier alpha value is -3.03. The number of fused-ring (bicyclic) bond motifs is 1. The zero-order valence-corrected chi connectivity index (χ0v) is 17.0. The lowest BCUT2D eigenvalue weighted by atomic mass is 10.1. The molecule has 0 aliphatic carbocycles. The summed E-state index contributed by atoms with van der Waals surface area (Å²) >= 11 is 1.43. The number of methoxy groups -OCH3 is 1. The van der Waals surface area contributed by atoms with Crippen LogP contribution in [0.1, 0.15) is 11.4 Å². The summed E-state index contributed by atoms with van der Waals surface area (Å²) in [6.07, 6.45) is 0. The molecule has 0 aliphatic rings. The van der Waals surface area contributed by atoms with E-state index in [0.717, 1.165) is 29.0 Å². The first-order valence-corrected chi connectivity index (χ1v) is 10.1. The Bertz CT molecular complexity index is 1200. The van der Waals surface area contributed by atoms with Gasteiger partial charge in [-0.2, -0.15) is 0 Å². The van der Waals surface area contributed by atoms with Crippen LogP contribution in [0.3, 0.4) is 0 Å². The Morgan fingerprint density at radius 1 is 1.17 bits per heavy atom. The third-order valence-corrected chi connectivity index (χ3v) is 5.63. The topological polar surface area (TPSA) is 59.4 Å². The zero-order valence-electron chi connectivity index (χ0n) is 16.2. The minimum atomic E-state index is -0.301. The molecule has 1 atom stereocenters. The lowest BCUT2D eigenvalue weighted by Crippen LogP contribution is -3.06. The van der Waals surface area contributed by atoms with E-state index in [1.807, 2.05) is 23.6 Å². The molecule has 5 nitrogen and oxygen atoms in total. The van der Waals surface area contributed by atoms with Crippen molar-refractivity contribution < 1.29 is 14.0 Å². The van der Waals surface area contributed by atoms with Gasteiger partial charge in [-0.25, -0.2) is 9.37 Å². The van der Waals surface area contributed by atoms with Crippen LogP contribution in [0.15, 0.2) is 58.7 Å². The van der Waals surface area contributed by atoms with E-state index in [4.69, 9.17) is 4.74 Å². The van der Waals surface area contributed by atoms with E-state index in [1.54, 1.807) is 19.2 Å². The van der Waals surface area contributed by atoms with Gasteiger partial charge in [0, 0.05) is 16.5 Å². The molecule has 0 amide bonds. The number of ether oxygens (including phenoxy) is 1. The second-order valence-electron chi connectivity index (χ2n) is 7.01. The molecule has 2 heterocycles. The number of thiophene rings is 1. The van der Waals surface area contributed by atoms with Gasteiger partial charge < -0.3 is 14.6 Å². The minimum absolute atomic E-state index is 0.167. The van der Waals surface area contributed by atoms with Crippen molar-refractivity contribution in [2.45, 2.75) is 13.1 Å². The van der Waals surface area contributed by atoms with Crippen LogP contribution in [0.2, 0.25) is 0 Å². The molecular formula is C22H21FN3O2S+. The first-order chi connectivity index (χ1) is 14.0. The summed E-state index contributed by atoms with van der Waals surface area (Å²) in [6.45, 7) is 1.37. The highest BCUT2D eigenvalue weighted by Crippen LogP contribution is 2.30. The molecule has 4 rings (SSSR count). The van der Waals surface area contributed by atoms with E-state index in [1.165, 1.54) is 28.4 Å². The second-order valence-corrected chi connectivity index (χ2v) is 7.87. The van der Waals surface area contributed by atoms with Gasteiger partial charge in [-0.1, -0.05) is 24.3 Å². The van der Waals surface area contributed by atoms with Crippen molar-refractivity contribution >= 4 is 21.6 Å². The number of aromatic nitrogens is 2. The SMILES string of the molecule is COc1cccc(C[NH+](C)Cc2nc3scc(-c4ccc(F)cc4)c3c(=O)[nH]2)c1. The molecule has 0 aliphatic heterocycles. The predicted molar refractivity (Wildman–Crippen MR) is 113 cm³/mol. The Kier molecular flexibility index (Phi) is 5.42. The Labute approximate surface area is 171 Å². The number of benzene rings is 2. The fraction of sp³-hybridized carbons (Fsp3) is 0.182. The van der Waals surface area contributed by atoms with Crippen molar-refractivity contribution in [3.63, 3.8) is 0 Å². The molecule has 4 aromatic rings. The maximum atomic E-state index is 13.2. The van der Waals surface area contributed by atoms with E-state index in [2.05, 4.69) is 23.1 Å². The van der Waals surface area contributed by atoms with E-state index in [9.17, 15) is 9.18 Å². The van der Waals surface area contributed by atoms with Crippen LogP contribution in [-0.2, 0) is 13.1 Å². The number of rotatable bonds is 6. The fourth-order valence-electron chi connectivity index (χ4n) is 3.40. The largest absolute Gasteiger partial charge is 0.497 e. The highest BCUT2D eigenvalue weighted by atomic mass is 32.1. The molecular weight excluding hydrogens is 389 g/mol. The smallest absolute Gasteiger partial charge is 0.260 e. The van der Waals surface area contributed by atoms with Crippen molar-refractivity contribution in [3.05, 3.63) is 81.5 Å². The summed E-state index contributed by atoms with van der Waals surface area (Å²) in [4.78, 5) is 22.2. The minimum Gasteiger partial charge on any atom is -0.497 e. The standard InChI is InChI=1S/C22H20FN3O2S/c1-26(11-14-4-3-5-17(10-14)28-2)12-19-24-21(27)20-18(13-29-22(20)25-19)15-6-8-16(23)9-7-15/h3-10,13H,11-12H2,1-2H3,(H,24,25,27)/p+1. The van der Waals surface area contributed by atoms with Gasteiger partial charge in [0.1, 0.15) is 29.5 Å². The van der Waals surface area contributed by atoms with Crippen molar-refractivity contribution in [3.8, 4) is 16.9 Å². The highest BCUT2D eigenvalue weighted by Gasteiger charge is 2.15. The van der Waals surface area contributed by atoms with Gasteiger partial charge in [-0.3, -0.25) is 4.79 Å². The van der Waals surface area contributed by atoms with Gasteiger partial charge in [0.25, 0.3) is 5.56 Å². The molecule has 2 aromatic carbocycles. The van der Waals surface area contributed by atoms with Gasteiger partial charge >= 0.3 is 0 Å². The summed E-state index contributed by atoms with van der Waals surface area (Å²) in [5.41, 5.74) is 2.57. The molecule has 0 spiro atoms. The molecule has 0 saturated heterocycles. The molecule has 148 valence electrons. The van der Waals surface area contributed by atoms with Crippen LogP contribution in [0, 0.1) is 5.82 Å². The molecule has 0 saturated carbocycles. The fourth-order valence-corrected chi connectivity index (χ4v) is 4.37. The van der Waals surface area contributed by atoms with E-state index in [-0.39, 0.29) is 11.4 Å². The summed E-state index contributed by atoms with van der Waals surface area (Å²) < 4.78 is 18.5. The Morgan fingerprint density at radius 2 is 1.97 bits per heavy atom. The maximum Gasteiger partial charge on any atom is 0.260 e. The summed E-state index contributed by atoms with van der Waals surface area (Å²) in [7, 11) is 3.71. The lowest BCUT2D eigenvalue weighted by Gasteiger charge is -2.14. The van der Waals surface area contributed by atoms with Crippen molar-refractivity contribution in [2.24, 2.45) is 0 Å². The third kappa shape index (κ3) is 4.21. The van der Waals surface area contributed by atoms with Crippen LogP contribution >= 0.6 is 11.3 Å². The van der Waals surface area contributed by atoms with Crippen LogP contribution in [0.4, 0.5) is 4.39 Å². The van der Waals surface area contributed by atoms with Crippen molar-refractivity contribution in [1.29, 1.82) is 0 Å². The van der Waals surface area contributed by atoms with Gasteiger partial charge in [0.2, 0.25) is 0 Å². The molecule has 2 aromatic heterocycles. The Morgan fingerprint density at radius 3 is 2.72 bits per heavy atom. The summed E-state index contributed by atoms with van der Waals surface area (Å²) in [5.74, 6) is 1.18. The number of aromatic amines is 1. The van der Waals surface area contributed by atoms with Crippen molar-refractivity contribution in [1.82, 2.24) is 9.97 Å². The predicted octanol–water partition coefficient (Wildman–Crippen LogP) is 3.01. The molecule has 2 N–H and O–H groups in total. The van der Waals surface area contributed by atoms with Gasteiger partial charge in [0.05, 0.1) is 19.5 Å².